The first-order valence-electron chi connectivity index (χ1n) is 6.96. The Kier molecular flexibility index (Phi) is 4.46. The van der Waals surface area contributed by atoms with Gasteiger partial charge in [-0.15, -0.1) is 0 Å². The number of quaternary nitrogens is 1. The Hall–Kier alpha value is -1.64. The molecule has 1 atom stereocenters. The molecule has 0 radical (unpaired) electrons. The number of benzene rings is 1. The predicted octanol–water partition coefficient (Wildman–Crippen LogP) is 2.29. The van der Waals surface area contributed by atoms with Crippen molar-refractivity contribution in [3.05, 3.63) is 23.8 Å². The molecule has 1 heterocycles. The van der Waals surface area contributed by atoms with E-state index in [1.54, 1.807) is 0 Å². The number of carbonyl (C=O) groups is 1. The Morgan fingerprint density at radius 3 is 2.55 bits per heavy atom. The lowest BCUT2D eigenvalue weighted by Gasteiger charge is -2.42. The molecule has 1 aliphatic rings. The quantitative estimate of drug-likeness (QED) is 0.382. The second-order valence-electron chi connectivity index (χ2n) is 6.06. The van der Waals surface area contributed by atoms with Crippen LogP contribution in [0.15, 0.2) is 23.1 Å². The Morgan fingerprint density at radius 2 is 2.00 bits per heavy atom. The fourth-order valence-corrected chi connectivity index (χ4v) is 3.54. The van der Waals surface area contributed by atoms with Crippen LogP contribution in [0.2, 0.25) is 0 Å². The third-order valence-corrected chi connectivity index (χ3v) is 4.99. The van der Waals surface area contributed by atoms with Crippen molar-refractivity contribution >= 4 is 16.3 Å². The van der Waals surface area contributed by atoms with Gasteiger partial charge in [-0.1, -0.05) is 0 Å². The van der Waals surface area contributed by atoms with Gasteiger partial charge in [0.25, 0.3) is 10.1 Å². The number of rotatable bonds is 3. The molecule has 0 aromatic heterocycles. The summed E-state index contributed by atoms with van der Waals surface area (Å²) in [6.07, 6.45) is 1.35. The lowest BCUT2D eigenvalue weighted by atomic mass is 9.93. The molecule has 0 bridgehead atoms. The summed E-state index contributed by atoms with van der Waals surface area (Å²) in [5.74, 6) is 0.109. The monoisotopic (exact) mass is 330 g/mol. The zero-order chi connectivity index (χ0) is 16.5. The number of hydrogen-bond donors (Lipinski definition) is 2. The van der Waals surface area contributed by atoms with Crippen molar-refractivity contribution in [2.75, 3.05) is 20.6 Å². The van der Waals surface area contributed by atoms with Crippen molar-refractivity contribution in [3.63, 3.8) is 0 Å². The summed E-state index contributed by atoms with van der Waals surface area (Å²) in [5, 5.41) is 8.85. The zero-order valence-corrected chi connectivity index (χ0v) is 13.3. The number of piperidine rings is 1. The van der Waals surface area contributed by atoms with Crippen LogP contribution in [0.4, 0.5) is 4.79 Å². The van der Waals surface area contributed by atoms with Crippen LogP contribution < -0.4 is 4.74 Å². The van der Waals surface area contributed by atoms with Gasteiger partial charge in [0.1, 0.15) is 11.8 Å². The van der Waals surface area contributed by atoms with Gasteiger partial charge in [-0.2, -0.15) is 8.42 Å². The molecule has 0 spiro atoms. The maximum Gasteiger partial charge on any atom is 0.511 e. The minimum Gasteiger partial charge on any atom is -0.449 e. The molecule has 7 nitrogen and oxygen atoms in total. The molecule has 22 heavy (non-hydrogen) atoms. The van der Waals surface area contributed by atoms with Gasteiger partial charge < -0.3 is 14.3 Å². The highest BCUT2D eigenvalue weighted by Crippen LogP contribution is 2.40. The van der Waals surface area contributed by atoms with Gasteiger partial charge in [0.15, 0.2) is 0 Å². The SMILES string of the molecule is C[N+]1(C)CCCCC1c1cc(S(=O)(=O)O)ccc1OC(=O)O. The van der Waals surface area contributed by atoms with Crippen LogP contribution in [0.5, 0.6) is 5.75 Å². The van der Waals surface area contributed by atoms with E-state index >= 15 is 0 Å². The molecular weight excluding hydrogens is 310 g/mol. The van der Waals surface area contributed by atoms with Gasteiger partial charge in [0.2, 0.25) is 0 Å². The number of hydrogen-bond acceptors (Lipinski definition) is 4. The Balaban J connectivity index is 2.56. The minimum atomic E-state index is -4.36. The highest BCUT2D eigenvalue weighted by molar-refractivity contribution is 7.85. The van der Waals surface area contributed by atoms with E-state index < -0.39 is 16.3 Å². The van der Waals surface area contributed by atoms with Crippen molar-refractivity contribution < 1.29 is 32.1 Å². The maximum absolute atomic E-state index is 11.4. The molecule has 0 amide bonds. The second-order valence-corrected chi connectivity index (χ2v) is 7.48. The molecule has 1 fully saturated rings. The van der Waals surface area contributed by atoms with Gasteiger partial charge in [0.05, 0.1) is 31.1 Å². The molecule has 8 heteroatoms. The summed E-state index contributed by atoms with van der Waals surface area (Å²) in [6, 6.07) is 3.63. The van der Waals surface area contributed by atoms with Crippen LogP contribution in [-0.2, 0) is 10.1 Å². The molecule has 1 aromatic carbocycles. The van der Waals surface area contributed by atoms with Gasteiger partial charge in [-0.25, -0.2) is 4.79 Å². The van der Waals surface area contributed by atoms with Crippen LogP contribution in [-0.4, -0.2) is 49.4 Å². The van der Waals surface area contributed by atoms with Crippen LogP contribution in [0.1, 0.15) is 30.9 Å². The standard InChI is InChI=1S/C14H19NO6S/c1-15(2)8-4-3-5-12(15)11-9-10(22(18,19)20)6-7-13(11)21-14(16)17/h6-7,9,12H,3-5,8H2,1-2H3,(H-,16,17,18,19,20)/p+1. The zero-order valence-electron chi connectivity index (χ0n) is 12.5. The van der Waals surface area contributed by atoms with E-state index in [2.05, 4.69) is 0 Å². The highest BCUT2D eigenvalue weighted by atomic mass is 32.2. The molecule has 2 N–H and O–H groups in total. The van der Waals surface area contributed by atoms with Gasteiger partial charge in [0, 0.05) is 6.42 Å². The van der Waals surface area contributed by atoms with Crippen LogP contribution in [0.25, 0.3) is 0 Å². The first kappa shape index (κ1) is 16.7. The molecular formula is C14H20NO6S+. The largest absolute Gasteiger partial charge is 0.511 e. The minimum absolute atomic E-state index is 0.0928. The van der Waals surface area contributed by atoms with Gasteiger partial charge in [-0.3, -0.25) is 4.55 Å². The van der Waals surface area contributed by atoms with E-state index in [1.165, 1.54) is 12.1 Å². The van der Waals surface area contributed by atoms with Gasteiger partial charge in [-0.05, 0) is 31.0 Å². The molecule has 1 unspecified atom stereocenters. The summed E-state index contributed by atoms with van der Waals surface area (Å²) >= 11 is 0. The molecule has 2 rings (SSSR count). The van der Waals surface area contributed by atoms with Gasteiger partial charge >= 0.3 is 6.16 Å². The lowest BCUT2D eigenvalue weighted by molar-refractivity contribution is -0.926. The molecule has 1 aromatic rings. The second kappa shape index (κ2) is 5.86. The summed E-state index contributed by atoms with van der Waals surface area (Å²) in [7, 11) is -0.340. The maximum atomic E-state index is 11.4. The average molecular weight is 330 g/mol. The third-order valence-electron chi connectivity index (χ3n) is 4.14. The summed E-state index contributed by atoms with van der Waals surface area (Å²) in [6.45, 7) is 0.896. The Labute approximate surface area is 129 Å². The van der Waals surface area contributed by atoms with Crippen LogP contribution in [0.3, 0.4) is 0 Å². The van der Waals surface area contributed by atoms with E-state index in [0.717, 1.165) is 31.9 Å². The predicted molar refractivity (Wildman–Crippen MR) is 78.5 cm³/mol. The number of likely N-dealkylation sites (tertiary alicyclic amines) is 1. The van der Waals surface area contributed by atoms with Crippen molar-refractivity contribution in [1.82, 2.24) is 0 Å². The first-order chi connectivity index (χ1) is 10.1. The average Bonchev–Trinajstić information content (AvgIpc) is 2.37. The first-order valence-corrected chi connectivity index (χ1v) is 8.40. The van der Waals surface area contributed by atoms with Crippen molar-refractivity contribution in [3.8, 4) is 5.75 Å². The summed E-state index contributed by atoms with van der Waals surface area (Å²) < 4.78 is 37.3. The fourth-order valence-electron chi connectivity index (χ4n) is 3.03. The Morgan fingerprint density at radius 1 is 1.32 bits per heavy atom. The smallest absolute Gasteiger partial charge is 0.449 e. The molecule has 0 aliphatic carbocycles. The van der Waals surface area contributed by atoms with E-state index in [0.29, 0.717) is 10.0 Å². The number of carboxylic acid groups (broad SMARTS) is 1. The highest BCUT2D eigenvalue weighted by Gasteiger charge is 2.36. The molecule has 1 saturated heterocycles. The Bertz CT molecular complexity index is 683. The van der Waals surface area contributed by atoms with Crippen molar-refractivity contribution in [1.29, 1.82) is 0 Å². The topological polar surface area (TPSA) is 101 Å². The number of nitrogens with zero attached hydrogens (tertiary/aromatic N) is 1. The molecule has 122 valence electrons. The third kappa shape index (κ3) is 3.57. The fraction of sp³-hybridized carbons (Fsp3) is 0.500. The van der Waals surface area contributed by atoms with E-state index in [4.69, 9.17) is 9.84 Å². The summed E-state index contributed by atoms with van der Waals surface area (Å²) in [4.78, 5) is 10.6. The normalized spacial score (nSPS) is 21.3. The van der Waals surface area contributed by atoms with Crippen LogP contribution >= 0.6 is 0 Å². The number of ether oxygens (including phenoxy) is 1. The summed E-state index contributed by atoms with van der Waals surface area (Å²) in [5.41, 5.74) is 0.488. The van der Waals surface area contributed by atoms with E-state index in [1.807, 2.05) is 14.1 Å². The van der Waals surface area contributed by atoms with E-state index in [-0.39, 0.29) is 16.7 Å². The van der Waals surface area contributed by atoms with Crippen LogP contribution in [0, 0.1) is 0 Å². The lowest BCUT2D eigenvalue weighted by Crippen LogP contribution is -2.46. The van der Waals surface area contributed by atoms with Crippen molar-refractivity contribution in [2.45, 2.75) is 30.2 Å². The van der Waals surface area contributed by atoms with Crippen molar-refractivity contribution in [2.24, 2.45) is 0 Å². The van der Waals surface area contributed by atoms with E-state index in [9.17, 15) is 17.8 Å². The molecule has 0 saturated carbocycles. The molecule has 1 aliphatic heterocycles.